The van der Waals surface area contributed by atoms with E-state index in [1.54, 1.807) is 6.07 Å². The number of carbonyl (C=O) groups excluding carboxylic acids is 3. The lowest BCUT2D eigenvalue weighted by molar-refractivity contribution is -0.132. The highest BCUT2D eigenvalue weighted by Gasteiger charge is 2.31. The summed E-state index contributed by atoms with van der Waals surface area (Å²) in [6.45, 7) is 7.99. The molecule has 0 saturated carbocycles. The smallest absolute Gasteiger partial charge is 0.408 e. The molecule has 0 bridgehead atoms. The molecule has 33 heavy (non-hydrogen) atoms. The summed E-state index contributed by atoms with van der Waals surface area (Å²) in [4.78, 5) is 37.3. The van der Waals surface area contributed by atoms with Gasteiger partial charge in [0.25, 0.3) is 5.91 Å². The van der Waals surface area contributed by atoms with Crippen molar-refractivity contribution in [3.05, 3.63) is 34.9 Å². The molecule has 1 aliphatic rings. The lowest BCUT2D eigenvalue weighted by Crippen LogP contribution is -2.48. The van der Waals surface area contributed by atoms with Crippen molar-refractivity contribution in [3.8, 4) is 0 Å². The number of nitrogens with one attached hydrogen (secondary N) is 3. The van der Waals surface area contributed by atoms with E-state index in [2.05, 4.69) is 16.0 Å². The van der Waals surface area contributed by atoms with E-state index in [4.69, 9.17) is 16.3 Å². The Bertz CT molecular complexity index is 819. The molecule has 1 heterocycles. The van der Waals surface area contributed by atoms with Gasteiger partial charge in [0, 0.05) is 29.4 Å². The number of hydrogen-bond donors (Lipinski definition) is 4. The van der Waals surface area contributed by atoms with Crippen molar-refractivity contribution in [3.63, 3.8) is 0 Å². The maximum absolute atomic E-state index is 12.9. The Labute approximate surface area is 200 Å². The molecule has 184 valence electrons. The van der Waals surface area contributed by atoms with E-state index in [1.165, 1.54) is 0 Å². The number of halogens is 1. The van der Waals surface area contributed by atoms with Crippen LogP contribution in [0.3, 0.4) is 0 Å². The van der Waals surface area contributed by atoms with Gasteiger partial charge < -0.3 is 25.8 Å². The fraction of sp³-hybridized carbons (Fsp3) is 0.625. The van der Waals surface area contributed by atoms with Gasteiger partial charge in [-0.2, -0.15) is 0 Å². The van der Waals surface area contributed by atoms with E-state index >= 15 is 0 Å². The van der Waals surface area contributed by atoms with Crippen LogP contribution in [-0.4, -0.2) is 54.4 Å². The minimum atomic E-state index is -1.01. The average molecular weight is 482 g/mol. The van der Waals surface area contributed by atoms with Crippen LogP contribution in [0.5, 0.6) is 0 Å². The van der Waals surface area contributed by atoms with Crippen molar-refractivity contribution in [1.29, 1.82) is 0 Å². The molecular weight excluding hydrogens is 446 g/mol. The van der Waals surface area contributed by atoms with Crippen molar-refractivity contribution in [1.82, 2.24) is 16.0 Å². The first kappa shape index (κ1) is 26.9. The van der Waals surface area contributed by atoms with Gasteiger partial charge in [-0.1, -0.05) is 44.5 Å². The zero-order chi connectivity index (χ0) is 24.5. The van der Waals surface area contributed by atoms with Gasteiger partial charge in [-0.25, -0.2) is 4.79 Å². The van der Waals surface area contributed by atoms with Crippen LogP contribution in [0.4, 0.5) is 4.79 Å². The van der Waals surface area contributed by atoms with E-state index < -0.39 is 24.1 Å². The van der Waals surface area contributed by atoms with Gasteiger partial charge in [0.2, 0.25) is 5.91 Å². The van der Waals surface area contributed by atoms with Gasteiger partial charge in [0.05, 0.1) is 12.6 Å². The number of rotatable bonds is 11. The Balaban J connectivity index is 1.96. The Hall–Kier alpha value is -2.32. The largest absolute Gasteiger partial charge is 0.436 e. The number of aliphatic hydroxyl groups excluding tert-OH is 1. The summed E-state index contributed by atoms with van der Waals surface area (Å²) in [5.74, 6) is -0.717. The standard InChI is InChI=1S/C24H36ClN3O5/c1-14(2)10-21(23(31)28-20(13-29)12-18-8-9-26-22(18)30)33-24(32)27-16(4)15(3)17-6-5-7-19(25)11-17/h5-7,11,14-16,18,20-21,29H,8-10,12-13H2,1-4H3,(H,26,30)(H,27,32)(H,28,31)/t15?,16?,18-,20-,21-/m0/s1. The van der Waals surface area contributed by atoms with Crippen LogP contribution < -0.4 is 16.0 Å². The van der Waals surface area contributed by atoms with Crippen LogP contribution in [0.2, 0.25) is 5.02 Å². The summed E-state index contributed by atoms with van der Waals surface area (Å²) in [5, 5.41) is 18.6. The molecule has 1 fully saturated rings. The number of benzene rings is 1. The van der Waals surface area contributed by atoms with Gasteiger partial charge in [-0.05, 0) is 49.8 Å². The molecule has 3 amide bonds. The Morgan fingerprint density at radius 3 is 2.55 bits per heavy atom. The summed E-state index contributed by atoms with van der Waals surface area (Å²) < 4.78 is 5.49. The molecule has 9 heteroatoms. The predicted molar refractivity (Wildman–Crippen MR) is 127 cm³/mol. The topological polar surface area (TPSA) is 117 Å². The summed E-state index contributed by atoms with van der Waals surface area (Å²) in [5.41, 5.74) is 0.980. The molecule has 0 aromatic heterocycles. The van der Waals surface area contributed by atoms with Gasteiger partial charge in [0.15, 0.2) is 6.10 Å². The van der Waals surface area contributed by atoms with E-state index in [-0.39, 0.29) is 36.3 Å². The number of ether oxygens (including phenoxy) is 1. The highest BCUT2D eigenvalue weighted by Crippen LogP contribution is 2.22. The second kappa shape index (κ2) is 12.8. The molecule has 1 saturated heterocycles. The first-order valence-electron chi connectivity index (χ1n) is 11.5. The van der Waals surface area contributed by atoms with Crippen LogP contribution >= 0.6 is 11.6 Å². The monoisotopic (exact) mass is 481 g/mol. The third-order valence-corrected chi connectivity index (χ3v) is 6.23. The lowest BCUT2D eigenvalue weighted by atomic mass is 9.94. The molecule has 2 rings (SSSR count). The zero-order valence-electron chi connectivity index (χ0n) is 19.8. The van der Waals surface area contributed by atoms with Gasteiger partial charge >= 0.3 is 6.09 Å². The molecule has 4 N–H and O–H groups in total. The fourth-order valence-electron chi connectivity index (χ4n) is 3.88. The minimum absolute atomic E-state index is 0.0232. The van der Waals surface area contributed by atoms with E-state index in [0.29, 0.717) is 30.8 Å². The minimum Gasteiger partial charge on any atom is -0.436 e. The van der Waals surface area contributed by atoms with Gasteiger partial charge in [-0.3, -0.25) is 9.59 Å². The van der Waals surface area contributed by atoms with Crippen molar-refractivity contribution >= 4 is 29.5 Å². The maximum atomic E-state index is 12.9. The average Bonchev–Trinajstić information content (AvgIpc) is 3.15. The Morgan fingerprint density at radius 2 is 1.97 bits per heavy atom. The number of carbonyl (C=O) groups is 3. The third-order valence-electron chi connectivity index (χ3n) is 6.00. The predicted octanol–water partition coefficient (Wildman–Crippen LogP) is 2.98. The quantitative estimate of drug-likeness (QED) is 0.387. The molecule has 0 aliphatic carbocycles. The normalized spacial score (nSPS) is 19.4. The molecule has 1 aliphatic heterocycles. The summed E-state index contributed by atoms with van der Waals surface area (Å²) in [6, 6.07) is 6.59. The fourth-order valence-corrected chi connectivity index (χ4v) is 4.07. The van der Waals surface area contributed by atoms with E-state index in [0.717, 1.165) is 5.56 Å². The second-order valence-corrected chi connectivity index (χ2v) is 9.64. The molecular formula is C24H36ClN3O5. The maximum Gasteiger partial charge on any atom is 0.408 e. The number of aliphatic hydroxyl groups is 1. The Morgan fingerprint density at radius 1 is 1.24 bits per heavy atom. The molecule has 2 unspecified atom stereocenters. The van der Waals surface area contributed by atoms with Crippen LogP contribution in [0.15, 0.2) is 24.3 Å². The van der Waals surface area contributed by atoms with Gasteiger partial charge in [0.1, 0.15) is 0 Å². The van der Waals surface area contributed by atoms with Crippen molar-refractivity contribution < 1.29 is 24.2 Å². The lowest BCUT2D eigenvalue weighted by Gasteiger charge is -2.26. The highest BCUT2D eigenvalue weighted by atomic mass is 35.5. The molecule has 8 nitrogen and oxygen atoms in total. The number of amides is 3. The first-order valence-corrected chi connectivity index (χ1v) is 11.9. The Kier molecular flexibility index (Phi) is 10.4. The summed E-state index contributed by atoms with van der Waals surface area (Å²) in [7, 11) is 0. The highest BCUT2D eigenvalue weighted by molar-refractivity contribution is 6.30. The van der Waals surface area contributed by atoms with Crippen LogP contribution in [0.1, 0.15) is 58.4 Å². The molecule has 5 atom stereocenters. The molecule has 0 radical (unpaired) electrons. The first-order chi connectivity index (χ1) is 15.6. The molecule has 1 aromatic carbocycles. The van der Waals surface area contributed by atoms with E-state index in [9.17, 15) is 19.5 Å². The second-order valence-electron chi connectivity index (χ2n) is 9.20. The molecule has 0 spiro atoms. The SMILES string of the molecule is CC(C)C[C@H](OC(=O)NC(C)C(C)c1cccc(Cl)c1)C(=O)N[C@H](CO)C[C@@H]1CCNC1=O. The number of hydrogen-bond acceptors (Lipinski definition) is 5. The summed E-state index contributed by atoms with van der Waals surface area (Å²) >= 11 is 6.07. The van der Waals surface area contributed by atoms with Crippen molar-refractivity contribution in [2.45, 2.75) is 71.1 Å². The van der Waals surface area contributed by atoms with Crippen LogP contribution in [-0.2, 0) is 14.3 Å². The van der Waals surface area contributed by atoms with E-state index in [1.807, 2.05) is 45.9 Å². The molecule has 1 aromatic rings. The van der Waals surface area contributed by atoms with Crippen LogP contribution in [0.25, 0.3) is 0 Å². The third kappa shape index (κ3) is 8.51. The number of alkyl carbamates (subject to hydrolysis) is 1. The zero-order valence-corrected chi connectivity index (χ0v) is 20.5. The van der Waals surface area contributed by atoms with Crippen molar-refractivity contribution in [2.75, 3.05) is 13.2 Å². The van der Waals surface area contributed by atoms with Gasteiger partial charge in [-0.15, -0.1) is 0 Å². The van der Waals surface area contributed by atoms with Crippen molar-refractivity contribution in [2.24, 2.45) is 11.8 Å². The summed E-state index contributed by atoms with van der Waals surface area (Å²) in [6.07, 6.45) is -0.358. The van der Waals surface area contributed by atoms with Crippen LogP contribution in [0, 0.1) is 11.8 Å².